The van der Waals surface area contributed by atoms with Crippen LogP contribution in [0.3, 0.4) is 0 Å². The van der Waals surface area contributed by atoms with E-state index in [0.29, 0.717) is 39.5 Å². The maximum Gasteiger partial charge on any atom is 0.251 e. The number of anilines is 1. The van der Waals surface area contributed by atoms with Crippen LogP contribution in [0.4, 0.5) is 5.82 Å². The van der Waals surface area contributed by atoms with Gasteiger partial charge in [-0.2, -0.15) is 0 Å². The Morgan fingerprint density at radius 1 is 0.826 bits per heavy atom. The number of aromatic nitrogens is 2. The fraction of sp³-hybridized carbons (Fsp3) is 0.216. The molecule has 0 aliphatic carbocycles. The van der Waals surface area contributed by atoms with Gasteiger partial charge in [-0.15, -0.1) is 0 Å². The Kier molecular flexibility index (Phi) is 11.5. The van der Waals surface area contributed by atoms with E-state index in [0.717, 1.165) is 41.0 Å². The van der Waals surface area contributed by atoms with E-state index in [1.165, 1.54) is 11.8 Å². The molecule has 0 radical (unpaired) electrons. The van der Waals surface area contributed by atoms with Crippen molar-refractivity contribution < 1.29 is 14.3 Å². The first-order valence-corrected chi connectivity index (χ1v) is 16.4. The number of amides is 1. The van der Waals surface area contributed by atoms with Gasteiger partial charge in [-0.1, -0.05) is 102 Å². The molecular weight excluding hydrogens is 616 g/mol. The van der Waals surface area contributed by atoms with Crippen LogP contribution in [-0.2, 0) is 18.6 Å². The number of nitrogens with one attached hydrogen (secondary N) is 1. The van der Waals surface area contributed by atoms with Crippen molar-refractivity contribution in [2.24, 2.45) is 0 Å². The van der Waals surface area contributed by atoms with Crippen molar-refractivity contribution in [3.63, 3.8) is 0 Å². The molecular formula is C37H37ClN4O3S. The van der Waals surface area contributed by atoms with Crippen LogP contribution in [0.2, 0.25) is 5.15 Å². The lowest BCUT2D eigenvalue weighted by molar-refractivity contribution is 0.0936. The molecule has 236 valence electrons. The quantitative estimate of drug-likeness (QED) is 0.0744. The van der Waals surface area contributed by atoms with E-state index in [-0.39, 0.29) is 11.9 Å². The highest BCUT2D eigenvalue weighted by atomic mass is 35.5. The molecule has 4 aromatic carbocycles. The van der Waals surface area contributed by atoms with Gasteiger partial charge in [-0.25, -0.2) is 9.97 Å². The van der Waals surface area contributed by atoms with E-state index in [1.807, 2.05) is 98.0 Å². The van der Waals surface area contributed by atoms with Crippen molar-refractivity contribution in [1.29, 1.82) is 0 Å². The van der Waals surface area contributed by atoms with Crippen molar-refractivity contribution in [3.05, 3.63) is 142 Å². The molecule has 0 bridgehead atoms. The van der Waals surface area contributed by atoms with E-state index < -0.39 is 0 Å². The Labute approximate surface area is 280 Å². The first-order valence-electron chi connectivity index (χ1n) is 15.0. The van der Waals surface area contributed by atoms with E-state index >= 15 is 0 Å². The standard InChI is InChI=1S/C37H37ClN4O3S/c1-42(20-19-27-17-18-32(44-2)33(23-27)45-3)35-24-34(38)40-37(41-35)46-25-28-13-10-16-30(21-28)36(43)39-31(29-14-8-5-9-15-29)22-26-11-6-4-7-12-26/h4-18,21,23-24,31H,19-20,22,25H2,1-3H3,(H,39,43). The molecule has 1 N–H and O–H groups in total. The van der Waals surface area contributed by atoms with Gasteiger partial charge in [-0.3, -0.25) is 4.79 Å². The Morgan fingerprint density at radius 3 is 2.28 bits per heavy atom. The molecule has 0 aliphatic heterocycles. The van der Waals surface area contributed by atoms with Crippen LogP contribution in [0.5, 0.6) is 11.5 Å². The van der Waals surface area contributed by atoms with Gasteiger partial charge in [0, 0.05) is 31.0 Å². The lowest BCUT2D eigenvalue weighted by Gasteiger charge is -2.20. The molecule has 0 saturated heterocycles. The first kappa shape index (κ1) is 32.9. The van der Waals surface area contributed by atoms with Gasteiger partial charge in [0.15, 0.2) is 16.7 Å². The van der Waals surface area contributed by atoms with Gasteiger partial charge in [0.25, 0.3) is 5.91 Å². The molecule has 9 heteroatoms. The highest BCUT2D eigenvalue weighted by Gasteiger charge is 2.17. The molecule has 1 aromatic heterocycles. The fourth-order valence-electron chi connectivity index (χ4n) is 5.07. The second-order valence-electron chi connectivity index (χ2n) is 10.8. The molecule has 0 fully saturated rings. The van der Waals surface area contributed by atoms with Gasteiger partial charge >= 0.3 is 0 Å². The number of hydrogen-bond donors (Lipinski definition) is 1. The summed E-state index contributed by atoms with van der Waals surface area (Å²) in [5.74, 6) is 2.61. The maximum absolute atomic E-state index is 13.5. The fourth-order valence-corrected chi connectivity index (χ4v) is 6.10. The zero-order chi connectivity index (χ0) is 32.3. The summed E-state index contributed by atoms with van der Waals surface area (Å²) in [6.45, 7) is 0.721. The van der Waals surface area contributed by atoms with E-state index in [4.69, 9.17) is 26.1 Å². The third-order valence-electron chi connectivity index (χ3n) is 7.58. The summed E-state index contributed by atoms with van der Waals surface area (Å²) < 4.78 is 10.8. The van der Waals surface area contributed by atoms with E-state index in [1.54, 1.807) is 20.3 Å². The molecule has 0 spiro atoms. The summed E-state index contributed by atoms with van der Waals surface area (Å²) in [6.07, 6.45) is 1.48. The normalized spacial score (nSPS) is 11.5. The third-order valence-corrected chi connectivity index (χ3v) is 8.69. The number of halogens is 1. The molecule has 1 unspecified atom stereocenters. The number of likely N-dealkylation sites (N-methyl/N-ethyl adjacent to an activating group) is 1. The van der Waals surface area contributed by atoms with Crippen molar-refractivity contribution in [2.75, 3.05) is 32.7 Å². The zero-order valence-electron chi connectivity index (χ0n) is 26.2. The average Bonchev–Trinajstić information content (AvgIpc) is 3.10. The van der Waals surface area contributed by atoms with Crippen LogP contribution in [0.25, 0.3) is 0 Å². The van der Waals surface area contributed by atoms with Crippen molar-refractivity contribution in [1.82, 2.24) is 15.3 Å². The van der Waals surface area contributed by atoms with Gasteiger partial charge in [-0.05, 0) is 59.4 Å². The molecule has 7 nitrogen and oxygen atoms in total. The number of hydrogen-bond acceptors (Lipinski definition) is 7. The molecule has 46 heavy (non-hydrogen) atoms. The summed E-state index contributed by atoms with van der Waals surface area (Å²) in [5, 5.41) is 4.21. The van der Waals surface area contributed by atoms with Crippen LogP contribution in [0.1, 0.15) is 38.7 Å². The minimum atomic E-state index is -0.156. The topological polar surface area (TPSA) is 76.6 Å². The number of thioether (sulfide) groups is 1. The zero-order valence-corrected chi connectivity index (χ0v) is 27.7. The maximum atomic E-state index is 13.5. The Hall–Kier alpha value is -4.53. The van der Waals surface area contributed by atoms with Crippen molar-refractivity contribution in [2.45, 2.75) is 29.8 Å². The molecule has 1 atom stereocenters. The first-order chi connectivity index (χ1) is 22.4. The van der Waals surface area contributed by atoms with Crippen LogP contribution in [0.15, 0.2) is 114 Å². The van der Waals surface area contributed by atoms with E-state index in [9.17, 15) is 4.79 Å². The van der Waals surface area contributed by atoms with Gasteiger partial charge in [0.05, 0.1) is 20.3 Å². The Balaban J connectivity index is 1.22. The number of rotatable bonds is 14. The van der Waals surface area contributed by atoms with Gasteiger partial charge in [0.2, 0.25) is 0 Å². The number of carbonyl (C=O) groups excluding carboxylic acids is 1. The molecule has 5 aromatic rings. The van der Waals surface area contributed by atoms with Crippen LogP contribution >= 0.6 is 23.4 Å². The molecule has 5 rings (SSSR count). The second kappa shape index (κ2) is 16.2. The average molecular weight is 653 g/mol. The predicted molar refractivity (Wildman–Crippen MR) is 186 cm³/mol. The summed E-state index contributed by atoms with van der Waals surface area (Å²) in [4.78, 5) is 24.7. The summed E-state index contributed by atoms with van der Waals surface area (Å²) >= 11 is 7.90. The van der Waals surface area contributed by atoms with Crippen LogP contribution in [-0.4, -0.2) is 43.7 Å². The lowest BCUT2D eigenvalue weighted by atomic mass is 9.98. The second-order valence-corrected chi connectivity index (χ2v) is 12.1. The van der Waals surface area contributed by atoms with Crippen molar-refractivity contribution in [3.8, 4) is 11.5 Å². The summed E-state index contributed by atoms with van der Waals surface area (Å²) in [6, 6.07) is 35.5. The molecule has 0 saturated carbocycles. The number of nitrogens with zero attached hydrogens (tertiary/aromatic N) is 3. The smallest absolute Gasteiger partial charge is 0.251 e. The van der Waals surface area contributed by atoms with Crippen molar-refractivity contribution >= 4 is 35.1 Å². The largest absolute Gasteiger partial charge is 0.493 e. The number of benzene rings is 4. The highest BCUT2D eigenvalue weighted by Crippen LogP contribution is 2.29. The minimum absolute atomic E-state index is 0.117. The number of carbonyl (C=O) groups is 1. The highest BCUT2D eigenvalue weighted by molar-refractivity contribution is 7.98. The molecule has 1 amide bonds. The summed E-state index contributed by atoms with van der Waals surface area (Å²) in [5.41, 5.74) is 4.94. The minimum Gasteiger partial charge on any atom is -0.493 e. The van der Waals surface area contributed by atoms with Gasteiger partial charge < -0.3 is 19.7 Å². The van der Waals surface area contributed by atoms with Crippen LogP contribution < -0.4 is 19.7 Å². The molecule has 0 aliphatic rings. The predicted octanol–water partition coefficient (Wildman–Crippen LogP) is 7.83. The van der Waals surface area contributed by atoms with Gasteiger partial charge in [0.1, 0.15) is 11.0 Å². The number of ether oxygens (including phenoxy) is 2. The summed E-state index contributed by atoms with van der Waals surface area (Å²) in [7, 11) is 5.24. The SMILES string of the molecule is COc1ccc(CCN(C)c2cc(Cl)nc(SCc3cccc(C(=O)NC(Cc4ccccc4)c4ccccc4)c3)n2)cc1OC. The monoisotopic (exact) mass is 652 g/mol. The Morgan fingerprint density at radius 2 is 1.54 bits per heavy atom. The van der Waals surface area contributed by atoms with E-state index in [2.05, 4.69) is 27.3 Å². The number of methoxy groups -OCH3 is 2. The Bertz CT molecular complexity index is 1740. The molecule has 1 heterocycles. The third kappa shape index (κ3) is 9.02. The lowest BCUT2D eigenvalue weighted by Crippen LogP contribution is -2.30. The van der Waals surface area contributed by atoms with Crippen LogP contribution in [0, 0.1) is 0 Å².